The summed E-state index contributed by atoms with van der Waals surface area (Å²) in [6, 6.07) is 4.59. The number of piperidine rings is 1. The SMILES string of the molecule is CCN(CC)CC(=O)N[C@H](C(=O)O)C(C)C.O=C1CCC(N2C(=O)c3ccccc3C2=O)C(=O)N1CCO. The molecule has 2 atom stereocenters. The van der Waals surface area contributed by atoms with Gasteiger partial charge < -0.3 is 15.5 Å². The number of hydrogen-bond acceptors (Lipinski definition) is 8. The van der Waals surface area contributed by atoms with Crippen molar-refractivity contribution in [2.75, 3.05) is 32.8 Å². The molecule has 1 unspecified atom stereocenters. The van der Waals surface area contributed by atoms with E-state index >= 15 is 0 Å². The minimum absolute atomic E-state index is 0.0593. The van der Waals surface area contributed by atoms with E-state index in [0.29, 0.717) is 0 Å². The summed E-state index contributed by atoms with van der Waals surface area (Å²) in [6.07, 6.45) is 0.175. The van der Waals surface area contributed by atoms with E-state index in [-0.39, 0.29) is 55.5 Å². The summed E-state index contributed by atoms with van der Waals surface area (Å²) in [5.74, 6) is -3.37. The van der Waals surface area contributed by atoms with Gasteiger partial charge in [-0.2, -0.15) is 0 Å². The number of likely N-dealkylation sites (tertiary alicyclic amines) is 1. The van der Waals surface area contributed by atoms with Gasteiger partial charge in [0.05, 0.1) is 30.8 Å². The zero-order valence-electron chi connectivity index (χ0n) is 22.2. The van der Waals surface area contributed by atoms with Crippen LogP contribution in [0.4, 0.5) is 0 Å². The zero-order chi connectivity index (χ0) is 28.6. The minimum atomic E-state index is -0.989. The van der Waals surface area contributed by atoms with Crippen LogP contribution in [0.3, 0.4) is 0 Å². The van der Waals surface area contributed by atoms with Crippen LogP contribution < -0.4 is 5.32 Å². The Labute approximate surface area is 221 Å². The van der Waals surface area contributed by atoms with Gasteiger partial charge in [0.15, 0.2) is 0 Å². The standard InChI is InChI=1S/C15H14N2O5.C11H22N2O3/c18-8-7-16-12(19)6-5-11(15(16)22)17-13(20)9-3-1-2-4-10(9)14(17)21;1-5-13(6-2)7-9(14)12-10(8(3)4)11(15)16/h1-4,11,18H,5-8H2;8,10H,5-7H2,1-4H3,(H,12,14)(H,15,16)/t;10-/m.0/s1. The molecule has 0 saturated carbocycles. The molecule has 0 spiro atoms. The number of nitrogens with zero attached hydrogens (tertiary/aromatic N) is 3. The molecule has 0 bridgehead atoms. The van der Waals surface area contributed by atoms with Crippen LogP contribution in [-0.2, 0) is 19.2 Å². The Kier molecular flexibility index (Phi) is 11.1. The summed E-state index contributed by atoms with van der Waals surface area (Å²) in [5, 5.41) is 20.4. The smallest absolute Gasteiger partial charge is 0.326 e. The Hall–Kier alpha value is -3.64. The molecule has 5 amide bonds. The number of nitrogens with one attached hydrogen (secondary N) is 1. The molecule has 1 saturated heterocycles. The molecule has 12 nitrogen and oxygen atoms in total. The Morgan fingerprint density at radius 3 is 2.05 bits per heavy atom. The number of aliphatic hydroxyl groups is 1. The van der Waals surface area contributed by atoms with Crippen molar-refractivity contribution in [3.05, 3.63) is 35.4 Å². The first-order valence-electron chi connectivity index (χ1n) is 12.6. The Balaban J connectivity index is 0.000000284. The van der Waals surface area contributed by atoms with Crippen molar-refractivity contribution < 1.29 is 39.0 Å². The monoisotopic (exact) mass is 532 g/mol. The number of fused-ring (bicyclic) bond motifs is 1. The molecule has 1 fully saturated rings. The first kappa shape index (κ1) is 30.6. The molecule has 0 aliphatic carbocycles. The van der Waals surface area contributed by atoms with E-state index < -0.39 is 41.7 Å². The van der Waals surface area contributed by atoms with E-state index in [9.17, 15) is 28.8 Å². The third kappa shape index (κ3) is 7.01. The second-order valence-corrected chi connectivity index (χ2v) is 9.28. The fraction of sp³-hybridized carbons (Fsp3) is 0.538. The molecule has 1 aromatic rings. The third-order valence-corrected chi connectivity index (χ3v) is 6.46. The molecule has 0 aromatic heterocycles. The van der Waals surface area contributed by atoms with Crippen LogP contribution in [0.2, 0.25) is 0 Å². The normalized spacial score (nSPS) is 17.9. The molecule has 2 aliphatic heterocycles. The average molecular weight is 533 g/mol. The zero-order valence-corrected chi connectivity index (χ0v) is 22.2. The maximum Gasteiger partial charge on any atom is 0.326 e. The van der Waals surface area contributed by atoms with E-state index in [0.717, 1.165) is 22.9 Å². The number of aliphatic carboxylic acids is 1. The highest BCUT2D eigenvalue weighted by atomic mass is 16.4. The Bertz CT molecular complexity index is 1030. The molecule has 3 rings (SSSR count). The fourth-order valence-electron chi connectivity index (χ4n) is 4.27. The lowest BCUT2D eigenvalue weighted by atomic mass is 10.0. The maximum absolute atomic E-state index is 12.4. The lowest BCUT2D eigenvalue weighted by Gasteiger charge is -2.34. The number of carboxylic acid groups (broad SMARTS) is 1. The Morgan fingerprint density at radius 2 is 1.61 bits per heavy atom. The highest BCUT2D eigenvalue weighted by Gasteiger charge is 2.46. The number of carbonyl (C=O) groups is 6. The van der Waals surface area contributed by atoms with Gasteiger partial charge in [-0.05, 0) is 37.6 Å². The third-order valence-electron chi connectivity index (χ3n) is 6.46. The van der Waals surface area contributed by atoms with E-state index in [1.807, 2.05) is 18.7 Å². The summed E-state index contributed by atoms with van der Waals surface area (Å²) < 4.78 is 0. The van der Waals surface area contributed by atoms with Crippen molar-refractivity contribution >= 4 is 35.5 Å². The summed E-state index contributed by atoms with van der Waals surface area (Å²) >= 11 is 0. The Morgan fingerprint density at radius 1 is 1.05 bits per heavy atom. The van der Waals surface area contributed by atoms with E-state index in [1.165, 1.54) is 0 Å². The minimum Gasteiger partial charge on any atom is -0.480 e. The number of likely N-dealkylation sites (N-methyl/N-ethyl adjacent to an activating group) is 1. The van der Waals surface area contributed by atoms with Crippen LogP contribution in [0.5, 0.6) is 0 Å². The van der Waals surface area contributed by atoms with Gasteiger partial charge in [0.2, 0.25) is 11.8 Å². The molecule has 12 heteroatoms. The van der Waals surface area contributed by atoms with Crippen LogP contribution in [0.1, 0.15) is 61.3 Å². The topological polar surface area (TPSA) is 165 Å². The van der Waals surface area contributed by atoms with Crippen molar-refractivity contribution in [3.8, 4) is 0 Å². The van der Waals surface area contributed by atoms with Crippen molar-refractivity contribution in [1.29, 1.82) is 0 Å². The molecular weight excluding hydrogens is 496 g/mol. The van der Waals surface area contributed by atoms with Crippen molar-refractivity contribution in [2.45, 2.75) is 52.6 Å². The van der Waals surface area contributed by atoms with Gasteiger partial charge in [0.1, 0.15) is 12.1 Å². The predicted molar refractivity (Wildman–Crippen MR) is 136 cm³/mol. The lowest BCUT2D eigenvalue weighted by Crippen LogP contribution is -2.56. The predicted octanol–water partition coefficient (Wildman–Crippen LogP) is 0.346. The second-order valence-electron chi connectivity index (χ2n) is 9.28. The van der Waals surface area contributed by atoms with E-state index in [1.54, 1.807) is 38.1 Å². The lowest BCUT2D eigenvalue weighted by molar-refractivity contribution is -0.152. The largest absolute Gasteiger partial charge is 0.480 e. The first-order chi connectivity index (χ1) is 18.0. The highest BCUT2D eigenvalue weighted by Crippen LogP contribution is 2.28. The highest BCUT2D eigenvalue weighted by molar-refractivity contribution is 6.23. The molecule has 2 aliphatic rings. The number of imide groups is 2. The maximum atomic E-state index is 12.4. The molecule has 3 N–H and O–H groups in total. The van der Waals surface area contributed by atoms with Crippen LogP contribution in [-0.4, -0.2) is 105 Å². The van der Waals surface area contributed by atoms with Gasteiger partial charge in [-0.15, -0.1) is 0 Å². The molecule has 38 heavy (non-hydrogen) atoms. The number of carbonyl (C=O) groups excluding carboxylic acids is 5. The van der Waals surface area contributed by atoms with Crippen LogP contribution in [0.25, 0.3) is 0 Å². The summed E-state index contributed by atoms with van der Waals surface area (Å²) in [7, 11) is 0. The van der Waals surface area contributed by atoms with E-state index in [2.05, 4.69) is 5.32 Å². The van der Waals surface area contributed by atoms with Crippen molar-refractivity contribution in [3.63, 3.8) is 0 Å². The van der Waals surface area contributed by atoms with Gasteiger partial charge >= 0.3 is 5.97 Å². The van der Waals surface area contributed by atoms with Crippen molar-refractivity contribution in [1.82, 2.24) is 20.0 Å². The summed E-state index contributed by atoms with van der Waals surface area (Å²) in [6.45, 7) is 8.81. The fourth-order valence-corrected chi connectivity index (χ4v) is 4.27. The number of hydrogen-bond donors (Lipinski definition) is 3. The number of amides is 5. The van der Waals surface area contributed by atoms with Gasteiger partial charge in [-0.25, -0.2) is 4.79 Å². The molecule has 1 aromatic carbocycles. The van der Waals surface area contributed by atoms with E-state index in [4.69, 9.17) is 10.2 Å². The van der Waals surface area contributed by atoms with Gasteiger partial charge in [-0.1, -0.05) is 39.8 Å². The van der Waals surface area contributed by atoms with Gasteiger partial charge in [0.25, 0.3) is 17.7 Å². The molecular formula is C26H36N4O8. The number of benzene rings is 1. The van der Waals surface area contributed by atoms with Gasteiger partial charge in [0, 0.05) is 6.42 Å². The van der Waals surface area contributed by atoms with Crippen LogP contribution in [0, 0.1) is 5.92 Å². The molecule has 2 heterocycles. The average Bonchev–Trinajstić information content (AvgIpc) is 3.13. The number of rotatable bonds is 10. The first-order valence-corrected chi connectivity index (χ1v) is 12.6. The second kappa shape index (κ2) is 13.8. The van der Waals surface area contributed by atoms with Gasteiger partial charge in [-0.3, -0.25) is 38.7 Å². The van der Waals surface area contributed by atoms with Crippen LogP contribution >= 0.6 is 0 Å². The van der Waals surface area contributed by atoms with Crippen LogP contribution in [0.15, 0.2) is 24.3 Å². The molecule has 0 radical (unpaired) electrons. The summed E-state index contributed by atoms with van der Waals surface area (Å²) in [4.78, 5) is 75.2. The number of aliphatic hydroxyl groups excluding tert-OH is 1. The molecule has 208 valence electrons. The number of β-amino-alcohol motifs (C(OH)–C–C–N with tert-alkyl or cyclic N) is 1. The number of carboxylic acids is 1. The quantitative estimate of drug-likeness (QED) is 0.361. The summed E-state index contributed by atoms with van der Waals surface area (Å²) in [5.41, 5.74) is 0.539. The van der Waals surface area contributed by atoms with Crippen molar-refractivity contribution in [2.24, 2.45) is 5.92 Å².